The Hall–Kier alpha value is -2.41. The normalized spacial score (nSPS) is 16.8. The number of nitrogens with zero attached hydrogens (tertiary/aromatic N) is 3. The number of carbonyl (C=O) groups excluding carboxylic acids is 1. The molecule has 1 amide bonds. The molecule has 0 aliphatic heterocycles. The highest BCUT2D eigenvalue weighted by Crippen LogP contribution is 2.28. The number of thiophene rings is 1. The van der Waals surface area contributed by atoms with Crippen LogP contribution >= 0.6 is 11.3 Å². The van der Waals surface area contributed by atoms with Gasteiger partial charge in [-0.15, -0.1) is 11.3 Å². The summed E-state index contributed by atoms with van der Waals surface area (Å²) in [5, 5.41) is 13.2. The number of amides is 1. The van der Waals surface area contributed by atoms with Gasteiger partial charge in [0.1, 0.15) is 5.76 Å². The van der Waals surface area contributed by atoms with E-state index in [0.717, 1.165) is 30.6 Å². The average molecular weight is 342 g/mol. The summed E-state index contributed by atoms with van der Waals surface area (Å²) in [7, 11) is 0. The van der Waals surface area contributed by atoms with Crippen LogP contribution in [0.4, 0.5) is 5.69 Å². The molecule has 0 radical (unpaired) electrons. The molecule has 24 heavy (non-hydrogen) atoms. The zero-order valence-corrected chi connectivity index (χ0v) is 14.2. The highest BCUT2D eigenvalue weighted by atomic mass is 32.1. The zero-order valence-electron chi connectivity index (χ0n) is 13.4. The Kier molecular flexibility index (Phi) is 3.93. The van der Waals surface area contributed by atoms with Crippen molar-refractivity contribution in [3.05, 3.63) is 51.8 Å². The largest absolute Gasteiger partial charge is 0.360 e. The van der Waals surface area contributed by atoms with E-state index in [9.17, 15) is 4.79 Å². The van der Waals surface area contributed by atoms with Crippen LogP contribution < -0.4 is 5.32 Å². The summed E-state index contributed by atoms with van der Waals surface area (Å²) in [5.41, 5.74) is 2.02. The predicted molar refractivity (Wildman–Crippen MR) is 91.3 cm³/mol. The summed E-state index contributed by atoms with van der Waals surface area (Å²) in [4.78, 5) is 13.7. The molecule has 4 rings (SSSR count). The maximum absolute atomic E-state index is 12.5. The van der Waals surface area contributed by atoms with Gasteiger partial charge < -0.3 is 9.84 Å². The number of fused-ring (bicyclic) bond motifs is 1. The molecule has 1 aliphatic carbocycles. The van der Waals surface area contributed by atoms with Crippen molar-refractivity contribution < 1.29 is 9.32 Å². The van der Waals surface area contributed by atoms with Gasteiger partial charge in [-0.3, -0.25) is 9.48 Å². The molecule has 1 N–H and O–H groups in total. The summed E-state index contributed by atoms with van der Waals surface area (Å²) in [5.74, 6) is 1.17. The fourth-order valence-corrected chi connectivity index (χ4v) is 3.72. The van der Waals surface area contributed by atoms with E-state index in [1.54, 1.807) is 17.5 Å². The molecule has 3 heterocycles. The van der Waals surface area contributed by atoms with Crippen LogP contribution in [-0.4, -0.2) is 20.8 Å². The summed E-state index contributed by atoms with van der Waals surface area (Å²) in [6, 6.07) is 4.08. The standard InChI is InChI=1S/C17H18N4O2S/c1-11-4-5-15-14(7-11)16(20-23-15)17(22)19-12-8-18-21(9-12)10-13-3-2-6-24-13/h2-3,6,8-9,11H,4-5,7,10H2,1H3,(H,19,22). The van der Waals surface area contributed by atoms with Crippen molar-refractivity contribution in [3.8, 4) is 0 Å². The minimum atomic E-state index is -0.232. The van der Waals surface area contributed by atoms with Crippen LogP contribution in [0.2, 0.25) is 0 Å². The maximum Gasteiger partial charge on any atom is 0.278 e. The maximum atomic E-state index is 12.5. The van der Waals surface area contributed by atoms with Gasteiger partial charge in [-0.2, -0.15) is 5.10 Å². The SMILES string of the molecule is CC1CCc2onc(C(=O)Nc3cnn(Cc4cccs4)c3)c2C1. The molecule has 0 spiro atoms. The van der Waals surface area contributed by atoms with Crippen LogP contribution in [0.1, 0.15) is 40.0 Å². The molecule has 1 atom stereocenters. The van der Waals surface area contributed by atoms with Gasteiger partial charge in [-0.25, -0.2) is 0 Å². The van der Waals surface area contributed by atoms with E-state index in [2.05, 4.69) is 28.6 Å². The van der Waals surface area contributed by atoms with Gasteiger partial charge in [-0.1, -0.05) is 18.1 Å². The summed E-state index contributed by atoms with van der Waals surface area (Å²) in [6.07, 6.45) is 6.26. The fourth-order valence-electron chi connectivity index (χ4n) is 3.02. The molecule has 0 aromatic carbocycles. The quantitative estimate of drug-likeness (QED) is 0.789. The number of nitrogens with one attached hydrogen (secondary N) is 1. The second-order valence-electron chi connectivity index (χ2n) is 6.24. The monoisotopic (exact) mass is 342 g/mol. The molecule has 6 nitrogen and oxygen atoms in total. The molecule has 1 aliphatic rings. The molecule has 3 aromatic heterocycles. The fraction of sp³-hybridized carbons (Fsp3) is 0.353. The summed E-state index contributed by atoms with van der Waals surface area (Å²) in [6.45, 7) is 2.89. The highest BCUT2D eigenvalue weighted by molar-refractivity contribution is 7.09. The average Bonchev–Trinajstić information content (AvgIpc) is 3.28. The zero-order chi connectivity index (χ0) is 16.5. The van der Waals surface area contributed by atoms with Crippen molar-refractivity contribution in [2.75, 3.05) is 5.32 Å². The van der Waals surface area contributed by atoms with E-state index in [1.807, 2.05) is 22.3 Å². The molecule has 0 fully saturated rings. The van der Waals surface area contributed by atoms with Gasteiger partial charge in [0.15, 0.2) is 5.69 Å². The number of anilines is 1. The van der Waals surface area contributed by atoms with Gasteiger partial charge in [0.05, 0.1) is 18.4 Å². The predicted octanol–water partition coefficient (Wildman–Crippen LogP) is 3.36. The Morgan fingerprint density at radius 3 is 3.29 bits per heavy atom. The number of hydrogen-bond donors (Lipinski definition) is 1. The molecule has 0 saturated carbocycles. The van der Waals surface area contributed by atoms with Gasteiger partial charge in [0.25, 0.3) is 5.91 Å². The number of hydrogen-bond acceptors (Lipinski definition) is 5. The first-order valence-corrected chi connectivity index (χ1v) is 8.90. The second-order valence-corrected chi connectivity index (χ2v) is 7.27. The topological polar surface area (TPSA) is 73.0 Å². The van der Waals surface area contributed by atoms with E-state index >= 15 is 0 Å². The number of aromatic nitrogens is 3. The van der Waals surface area contributed by atoms with Crippen LogP contribution in [0.25, 0.3) is 0 Å². The van der Waals surface area contributed by atoms with Gasteiger partial charge in [-0.05, 0) is 30.2 Å². The van der Waals surface area contributed by atoms with Crippen LogP contribution in [0.5, 0.6) is 0 Å². The minimum absolute atomic E-state index is 0.232. The van der Waals surface area contributed by atoms with E-state index in [1.165, 1.54) is 4.88 Å². The van der Waals surface area contributed by atoms with E-state index in [4.69, 9.17) is 4.52 Å². The lowest BCUT2D eigenvalue weighted by Crippen LogP contribution is -2.17. The first-order valence-electron chi connectivity index (χ1n) is 8.02. The Bertz CT molecular complexity index is 850. The third-order valence-electron chi connectivity index (χ3n) is 4.29. The lowest BCUT2D eigenvalue weighted by molar-refractivity contribution is 0.101. The Labute approximate surface area is 143 Å². The van der Waals surface area contributed by atoms with E-state index in [0.29, 0.717) is 23.8 Å². The Balaban J connectivity index is 1.47. The van der Waals surface area contributed by atoms with Gasteiger partial charge in [0.2, 0.25) is 0 Å². The lowest BCUT2D eigenvalue weighted by atomic mass is 9.88. The summed E-state index contributed by atoms with van der Waals surface area (Å²) >= 11 is 1.68. The third-order valence-corrected chi connectivity index (χ3v) is 5.15. The Morgan fingerprint density at radius 1 is 1.54 bits per heavy atom. The van der Waals surface area contributed by atoms with Crippen LogP contribution in [0, 0.1) is 5.92 Å². The van der Waals surface area contributed by atoms with Crippen molar-refractivity contribution in [1.82, 2.24) is 14.9 Å². The minimum Gasteiger partial charge on any atom is -0.360 e. The van der Waals surface area contributed by atoms with E-state index < -0.39 is 0 Å². The molecule has 124 valence electrons. The van der Waals surface area contributed by atoms with Gasteiger partial charge in [0, 0.05) is 23.1 Å². The van der Waals surface area contributed by atoms with Crippen molar-refractivity contribution in [2.45, 2.75) is 32.7 Å². The van der Waals surface area contributed by atoms with Crippen molar-refractivity contribution in [3.63, 3.8) is 0 Å². The van der Waals surface area contributed by atoms with Gasteiger partial charge >= 0.3 is 0 Å². The van der Waals surface area contributed by atoms with Crippen molar-refractivity contribution in [1.29, 1.82) is 0 Å². The Morgan fingerprint density at radius 2 is 2.46 bits per heavy atom. The van der Waals surface area contributed by atoms with Crippen LogP contribution in [0.15, 0.2) is 34.4 Å². The first-order chi connectivity index (χ1) is 11.7. The number of aryl methyl sites for hydroxylation is 1. The molecule has 0 bridgehead atoms. The third kappa shape index (κ3) is 2.99. The summed E-state index contributed by atoms with van der Waals surface area (Å²) < 4.78 is 7.15. The van der Waals surface area contributed by atoms with Crippen molar-refractivity contribution in [2.24, 2.45) is 5.92 Å². The molecule has 7 heteroatoms. The van der Waals surface area contributed by atoms with Crippen LogP contribution in [0.3, 0.4) is 0 Å². The lowest BCUT2D eigenvalue weighted by Gasteiger charge is -2.16. The van der Waals surface area contributed by atoms with E-state index in [-0.39, 0.29) is 5.91 Å². The first kappa shape index (κ1) is 15.1. The van der Waals surface area contributed by atoms with Crippen molar-refractivity contribution >= 4 is 22.9 Å². The van der Waals surface area contributed by atoms with Crippen LogP contribution in [-0.2, 0) is 19.4 Å². The molecule has 3 aromatic rings. The molecular formula is C17H18N4O2S. The molecular weight excluding hydrogens is 324 g/mol. The molecule has 1 unspecified atom stereocenters. The molecule has 0 saturated heterocycles. The second kappa shape index (κ2) is 6.24. The highest BCUT2D eigenvalue weighted by Gasteiger charge is 2.27. The smallest absolute Gasteiger partial charge is 0.278 e. The number of rotatable bonds is 4. The number of carbonyl (C=O) groups is 1.